The van der Waals surface area contributed by atoms with Crippen LogP contribution < -0.4 is 0 Å². The van der Waals surface area contributed by atoms with Crippen LogP contribution in [0.15, 0.2) is 29.3 Å². The van der Waals surface area contributed by atoms with Crippen LogP contribution >= 0.6 is 11.8 Å². The van der Waals surface area contributed by atoms with Gasteiger partial charge in [-0.15, -0.1) is 11.8 Å². The Morgan fingerprint density at radius 3 is 2.90 bits per heavy atom. The Morgan fingerprint density at radius 2 is 2.00 bits per heavy atom. The van der Waals surface area contributed by atoms with Gasteiger partial charge < -0.3 is 9.88 Å². The molecule has 20 heavy (non-hydrogen) atoms. The van der Waals surface area contributed by atoms with Crippen LogP contribution in [0, 0.1) is 0 Å². The van der Waals surface area contributed by atoms with Crippen molar-refractivity contribution in [1.82, 2.24) is 9.88 Å². The highest BCUT2D eigenvalue weighted by atomic mass is 32.2. The zero-order chi connectivity index (χ0) is 13.4. The van der Waals surface area contributed by atoms with Crippen molar-refractivity contribution in [1.29, 1.82) is 0 Å². The van der Waals surface area contributed by atoms with Gasteiger partial charge >= 0.3 is 0 Å². The third kappa shape index (κ3) is 2.27. The molecule has 0 aliphatic carbocycles. The van der Waals surface area contributed by atoms with E-state index in [0.717, 1.165) is 5.92 Å². The predicted octanol–water partition coefficient (Wildman–Crippen LogP) is 4.23. The second-order valence-corrected chi connectivity index (χ2v) is 7.21. The zero-order valence-electron chi connectivity index (χ0n) is 11.9. The largest absolute Gasteiger partial charge is 0.349 e. The fourth-order valence-electron chi connectivity index (χ4n) is 3.74. The summed E-state index contributed by atoms with van der Waals surface area (Å²) in [5.41, 5.74) is 2.91. The average molecular weight is 286 g/mol. The van der Waals surface area contributed by atoms with Crippen LogP contribution in [0.1, 0.15) is 37.2 Å². The number of rotatable bonds is 2. The first-order valence-electron chi connectivity index (χ1n) is 7.87. The molecule has 106 valence electrons. The van der Waals surface area contributed by atoms with Gasteiger partial charge in [0.05, 0.1) is 5.03 Å². The van der Waals surface area contributed by atoms with E-state index in [1.807, 2.05) is 11.8 Å². The number of nitrogens with one attached hydrogen (secondary N) is 1. The quantitative estimate of drug-likeness (QED) is 0.890. The van der Waals surface area contributed by atoms with Gasteiger partial charge in [0, 0.05) is 29.1 Å². The monoisotopic (exact) mass is 286 g/mol. The fraction of sp³-hybridized carbons (Fsp3) is 0.529. The van der Waals surface area contributed by atoms with Crippen molar-refractivity contribution >= 4 is 22.7 Å². The van der Waals surface area contributed by atoms with Crippen LogP contribution in [0.25, 0.3) is 10.9 Å². The number of para-hydroxylation sites is 1. The molecule has 2 nitrogen and oxygen atoms in total. The number of piperidine rings is 1. The number of H-pyrrole nitrogens is 1. The van der Waals surface area contributed by atoms with E-state index in [1.54, 1.807) is 5.56 Å². The SMILES string of the molecule is c1ccc2c3c([nH]c2c1)SCCC3CN1CCCCC1. The maximum atomic E-state index is 3.63. The van der Waals surface area contributed by atoms with Gasteiger partial charge in [-0.1, -0.05) is 24.6 Å². The molecule has 0 spiro atoms. The maximum absolute atomic E-state index is 3.63. The highest BCUT2D eigenvalue weighted by Crippen LogP contribution is 2.42. The van der Waals surface area contributed by atoms with Crippen molar-refractivity contribution in [3.63, 3.8) is 0 Å². The van der Waals surface area contributed by atoms with Gasteiger partial charge in [0.15, 0.2) is 0 Å². The molecule has 2 aromatic rings. The van der Waals surface area contributed by atoms with E-state index in [2.05, 4.69) is 34.1 Å². The second kappa shape index (κ2) is 5.45. The van der Waals surface area contributed by atoms with Gasteiger partial charge in [0.25, 0.3) is 0 Å². The normalized spacial score (nSPS) is 23.9. The van der Waals surface area contributed by atoms with Crippen LogP contribution in [-0.2, 0) is 0 Å². The number of thioether (sulfide) groups is 1. The first-order valence-corrected chi connectivity index (χ1v) is 8.86. The van der Waals surface area contributed by atoms with Crippen molar-refractivity contribution in [2.75, 3.05) is 25.4 Å². The van der Waals surface area contributed by atoms with Gasteiger partial charge in [-0.2, -0.15) is 0 Å². The smallest absolute Gasteiger partial charge is 0.0768 e. The second-order valence-electron chi connectivity index (χ2n) is 6.11. The van der Waals surface area contributed by atoms with Crippen LogP contribution in [0.3, 0.4) is 0 Å². The minimum Gasteiger partial charge on any atom is -0.349 e. The molecule has 1 atom stereocenters. The minimum atomic E-state index is 0.723. The molecule has 1 N–H and O–H groups in total. The molecule has 1 unspecified atom stereocenters. The van der Waals surface area contributed by atoms with Crippen molar-refractivity contribution in [3.8, 4) is 0 Å². The average Bonchev–Trinajstić information content (AvgIpc) is 2.88. The molecule has 2 aliphatic heterocycles. The van der Waals surface area contributed by atoms with E-state index >= 15 is 0 Å². The van der Waals surface area contributed by atoms with Crippen molar-refractivity contribution in [3.05, 3.63) is 29.8 Å². The first-order chi connectivity index (χ1) is 9.92. The third-order valence-corrected chi connectivity index (χ3v) is 5.81. The number of hydrogen-bond acceptors (Lipinski definition) is 2. The van der Waals surface area contributed by atoms with E-state index in [4.69, 9.17) is 0 Å². The van der Waals surface area contributed by atoms with E-state index in [9.17, 15) is 0 Å². The number of aromatic nitrogens is 1. The topological polar surface area (TPSA) is 19.0 Å². The lowest BCUT2D eigenvalue weighted by Gasteiger charge is -2.32. The van der Waals surface area contributed by atoms with Gasteiger partial charge in [0.2, 0.25) is 0 Å². The van der Waals surface area contributed by atoms with Crippen LogP contribution in [-0.4, -0.2) is 35.3 Å². The number of benzene rings is 1. The molecular formula is C17H22N2S. The Balaban J connectivity index is 1.66. The van der Waals surface area contributed by atoms with Crippen LogP contribution in [0.5, 0.6) is 0 Å². The summed E-state index contributed by atoms with van der Waals surface area (Å²) in [6.07, 6.45) is 5.54. The Kier molecular flexibility index (Phi) is 3.49. The molecule has 0 saturated carbocycles. The van der Waals surface area contributed by atoms with E-state index in [-0.39, 0.29) is 0 Å². The summed E-state index contributed by atoms with van der Waals surface area (Å²) < 4.78 is 0. The predicted molar refractivity (Wildman–Crippen MR) is 86.7 cm³/mol. The standard InChI is InChI=1S/C17H22N2S/c1-4-9-19(10-5-1)12-13-8-11-20-17-16(13)14-6-2-3-7-15(14)18-17/h2-3,6-7,13,18H,1,4-5,8-12H2. The number of nitrogens with zero attached hydrogens (tertiary/aromatic N) is 1. The van der Waals surface area contributed by atoms with Gasteiger partial charge in [-0.05, 0) is 44.0 Å². The molecule has 3 heteroatoms. The molecule has 2 aliphatic rings. The Hall–Kier alpha value is -0.930. The highest BCUT2D eigenvalue weighted by Gasteiger charge is 2.27. The zero-order valence-corrected chi connectivity index (χ0v) is 12.7. The molecule has 4 rings (SSSR count). The molecule has 0 radical (unpaired) electrons. The Labute approximate surface area is 124 Å². The maximum Gasteiger partial charge on any atom is 0.0768 e. The number of fused-ring (bicyclic) bond motifs is 3. The molecule has 3 heterocycles. The number of hydrogen-bond donors (Lipinski definition) is 1. The lowest BCUT2D eigenvalue weighted by Crippen LogP contribution is -2.34. The van der Waals surface area contributed by atoms with Crippen molar-refractivity contribution in [2.45, 2.75) is 36.6 Å². The highest BCUT2D eigenvalue weighted by molar-refractivity contribution is 7.99. The fourth-order valence-corrected chi connectivity index (χ4v) is 4.96. The van der Waals surface area contributed by atoms with Crippen LogP contribution in [0.2, 0.25) is 0 Å². The summed E-state index contributed by atoms with van der Waals surface area (Å²) in [4.78, 5) is 6.32. The molecule has 0 bridgehead atoms. The summed E-state index contributed by atoms with van der Waals surface area (Å²) in [6, 6.07) is 8.81. The number of aromatic amines is 1. The van der Waals surface area contributed by atoms with Gasteiger partial charge in [-0.3, -0.25) is 0 Å². The van der Waals surface area contributed by atoms with Gasteiger partial charge in [-0.25, -0.2) is 0 Å². The molecule has 1 fully saturated rings. The Morgan fingerprint density at radius 1 is 1.15 bits per heavy atom. The van der Waals surface area contributed by atoms with Crippen molar-refractivity contribution < 1.29 is 0 Å². The molecule has 1 aromatic carbocycles. The minimum absolute atomic E-state index is 0.723. The van der Waals surface area contributed by atoms with E-state index in [1.165, 1.54) is 67.0 Å². The van der Waals surface area contributed by atoms with Crippen molar-refractivity contribution in [2.24, 2.45) is 0 Å². The summed E-state index contributed by atoms with van der Waals surface area (Å²) in [7, 11) is 0. The third-order valence-electron chi connectivity index (χ3n) is 4.76. The van der Waals surface area contributed by atoms with Gasteiger partial charge in [0.1, 0.15) is 0 Å². The van der Waals surface area contributed by atoms with Crippen LogP contribution in [0.4, 0.5) is 0 Å². The summed E-state index contributed by atoms with van der Waals surface area (Å²) in [5.74, 6) is 1.98. The first kappa shape index (κ1) is 12.8. The summed E-state index contributed by atoms with van der Waals surface area (Å²) in [5, 5.41) is 2.89. The lowest BCUT2D eigenvalue weighted by molar-refractivity contribution is 0.213. The molecular weight excluding hydrogens is 264 g/mol. The molecule has 0 amide bonds. The number of likely N-dealkylation sites (tertiary alicyclic amines) is 1. The van der Waals surface area contributed by atoms with E-state index in [0.29, 0.717) is 0 Å². The summed E-state index contributed by atoms with van der Waals surface area (Å²) >= 11 is 2.01. The lowest BCUT2D eigenvalue weighted by atomic mass is 9.94. The molecule has 1 saturated heterocycles. The van der Waals surface area contributed by atoms with E-state index < -0.39 is 0 Å². The molecule has 1 aromatic heterocycles. The Bertz CT molecular complexity index is 598. The summed E-state index contributed by atoms with van der Waals surface area (Å²) in [6.45, 7) is 3.87.